The molecule has 0 aliphatic heterocycles. The van der Waals surface area contributed by atoms with E-state index in [0.717, 1.165) is 9.39 Å². The number of carbonyl (C=O) groups is 1. The minimum atomic E-state index is -0.125. The molecule has 2 aromatic rings. The zero-order valence-electron chi connectivity index (χ0n) is 9.41. The van der Waals surface area contributed by atoms with Gasteiger partial charge in [-0.05, 0) is 40.8 Å². The fourth-order valence-electron chi connectivity index (χ4n) is 1.47. The molecule has 0 unspecified atom stereocenters. The summed E-state index contributed by atoms with van der Waals surface area (Å²) in [6.07, 6.45) is 4.13. The molecule has 0 bridgehead atoms. The highest BCUT2D eigenvalue weighted by Gasteiger charge is 2.07. The van der Waals surface area contributed by atoms with Gasteiger partial charge in [0.25, 0.3) is 5.91 Å². The molecule has 4 nitrogen and oxygen atoms in total. The molecule has 94 valence electrons. The molecule has 1 aromatic carbocycles. The van der Waals surface area contributed by atoms with Crippen molar-refractivity contribution in [3.63, 3.8) is 0 Å². The van der Waals surface area contributed by atoms with Crippen molar-refractivity contribution in [2.75, 3.05) is 6.54 Å². The summed E-state index contributed by atoms with van der Waals surface area (Å²) < 4.78 is 0.932. The van der Waals surface area contributed by atoms with Crippen LogP contribution in [0.15, 0.2) is 30.6 Å². The summed E-state index contributed by atoms with van der Waals surface area (Å²) in [5.74, 6) is 0.732. The lowest BCUT2D eigenvalue weighted by Gasteiger charge is -2.05. The van der Waals surface area contributed by atoms with Crippen molar-refractivity contribution < 1.29 is 4.79 Å². The molecule has 1 amide bonds. The predicted molar refractivity (Wildman–Crippen MR) is 78.8 cm³/mol. The number of imidazole rings is 1. The van der Waals surface area contributed by atoms with Crippen molar-refractivity contribution >= 4 is 40.1 Å². The van der Waals surface area contributed by atoms with Gasteiger partial charge in [-0.25, -0.2) is 4.98 Å². The first kappa shape index (κ1) is 13.4. The number of halogens is 2. The van der Waals surface area contributed by atoms with Crippen molar-refractivity contribution in [1.29, 1.82) is 0 Å². The normalized spacial score (nSPS) is 10.3. The topological polar surface area (TPSA) is 57.8 Å². The number of H-pyrrole nitrogens is 1. The highest BCUT2D eigenvalue weighted by molar-refractivity contribution is 14.1. The smallest absolute Gasteiger partial charge is 0.251 e. The number of carbonyl (C=O) groups excluding carboxylic acids is 1. The van der Waals surface area contributed by atoms with E-state index in [0.29, 0.717) is 23.6 Å². The van der Waals surface area contributed by atoms with E-state index in [1.807, 2.05) is 6.07 Å². The second-order valence-electron chi connectivity index (χ2n) is 3.67. The van der Waals surface area contributed by atoms with Crippen LogP contribution in [0.3, 0.4) is 0 Å². The Hall–Kier alpha value is -1.08. The molecule has 1 aromatic heterocycles. The Morgan fingerprint density at radius 3 is 3.00 bits per heavy atom. The van der Waals surface area contributed by atoms with Gasteiger partial charge in [-0.2, -0.15) is 0 Å². The van der Waals surface area contributed by atoms with E-state index in [4.69, 9.17) is 11.6 Å². The second kappa shape index (κ2) is 6.19. The van der Waals surface area contributed by atoms with Crippen molar-refractivity contribution in [3.8, 4) is 0 Å². The maximum absolute atomic E-state index is 11.8. The van der Waals surface area contributed by atoms with E-state index >= 15 is 0 Å². The molecule has 0 aliphatic carbocycles. The lowest BCUT2D eigenvalue weighted by molar-refractivity contribution is 0.0954. The molecule has 0 saturated carbocycles. The van der Waals surface area contributed by atoms with Gasteiger partial charge < -0.3 is 10.3 Å². The molecule has 2 rings (SSSR count). The Bertz CT molecular complexity index is 542. The SMILES string of the molecule is O=C(NCCc1ncc[nH]1)c1ccc(I)c(Cl)c1. The maximum atomic E-state index is 11.8. The van der Waals surface area contributed by atoms with Gasteiger partial charge in [-0.3, -0.25) is 4.79 Å². The monoisotopic (exact) mass is 375 g/mol. The fraction of sp³-hybridized carbons (Fsp3) is 0.167. The van der Waals surface area contributed by atoms with Gasteiger partial charge >= 0.3 is 0 Å². The van der Waals surface area contributed by atoms with Gasteiger partial charge in [0.05, 0.1) is 5.02 Å². The molecule has 18 heavy (non-hydrogen) atoms. The van der Waals surface area contributed by atoms with E-state index in [9.17, 15) is 4.79 Å². The Balaban J connectivity index is 1.89. The third-order valence-corrected chi connectivity index (χ3v) is 3.96. The standard InChI is InChI=1S/C12H11ClIN3O/c13-9-7-8(1-2-10(9)14)12(18)17-4-3-11-15-5-6-16-11/h1-2,5-7H,3-4H2,(H,15,16)(H,17,18). The average molecular weight is 376 g/mol. The lowest BCUT2D eigenvalue weighted by atomic mass is 10.2. The summed E-state index contributed by atoms with van der Waals surface area (Å²) in [5, 5.41) is 3.42. The average Bonchev–Trinajstić information content (AvgIpc) is 2.85. The van der Waals surface area contributed by atoms with Crippen LogP contribution in [0.1, 0.15) is 16.2 Å². The number of hydrogen-bond acceptors (Lipinski definition) is 2. The summed E-state index contributed by atoms with van der Waals surface area (Å²) in [4.78, 5) is 18.9. The number of aromatic nitrogens is 2. The highest BCUT2D eigenvalue weighted by atomic mass is 127. The number of aromatic amines is 1. The van der Waals surface area contributed by atoms with E-state index in [1.165, 1.54) is 0 Å². The molecule has 6 heteroatoms. The predicted octanol–water partition coefficient (Wildman–Crippen LogP) is 2.64. The van der Waals surface area contributed by atoms with Crippen LogP contribution in [0.2, 0.25) is 5.02 Å². The summed E-state index contributed by atoms with van der Waals surface area (Å²) in [5.41, 5.74) is 0.569. The first-order valence-corrected chi connectivity index (χ1v) is 6.84. The minimum Gasteiger partial charge on any atom is -0.352 e. The number of benzene rings is 1. The van der Waals surface area contributed by atoms with Crippen LogP contribution in [-0.2, 0) is 6.42 Å². The minimum absolute atomic E-state index is 0.125. The maximum Gasteiger partial charge on any atom is 0.251 e. The van der Waals surface area contributed by atoms with Crippen LogP contribution in [-0.4, -0.2) is 22.4 Å². The molecule has 0 fully saturated rings. The highest BCUT2D eigenvalue weighted by Crippen LogP contribution is 2.19. The third kappa shape index (κ3) is 3.46. The van der Waals surface area contributed by atoms with Gasteiger partial charge in [0.15, 0.2) is 0 Å². The zero-order chi connectivity index (χ0) is 13.0. The largest absolute Gasteiger partial charge is 0.352 e. The Morgan fingerprint density at radius 1 is 1.50 bits per heavy atom. The van der Waals surface area contributed by atoms with Gasteiger partial charge in [-0.1, -0.05) is 11.6 Å². The van der Waals surface area contributed by atoms with Crippen LogP contribution in [0, 0.1) is 3.57 Å². The lowest BCUT2D eigenvalue weighted by Crippen LogP contribution is -2.25. The van der Waals surface area contributed by atoms with Gasteiger partial charge in [0.2, 0.25) is 0 Å². The Kier molecular flexibility index (Phi) is 4.60. The molecule has 2 N–H and O–H groups in total. The summed E-state index contributed by atoms with van der Waals surface area (Å²) in [6.45, 7) is 0.538. The molecular formula is C12H11ClIN3O. The zero-order valence-corrected chi connectivity index (χ0v) is 12.3. The van der Waals surface area contributed by atoms with E-state index in [-0.39, 0.29) is 5.91 Å². The molecule has 0 aliphatic rings. The van der Waals surface area contributed by atoms with Crippen LogP contribution in [0.4, 0.5) is 0 Å². The molecule has 0 atom stereocenters. The Labute approximate surface area is 123 Å². The summed E-state index contributed by atoms with van der Waals surface area (Å²) in [7, 11) is 0. The van der Waals surface area contributed by atoms with Crippen LogP contribution in [0.25, 0.3) is 0 Å². The third-order valence-electron chi connectivity index (χ3n) is 2.38. The number of amides is 1. The molecule has 1 heterocycles. The van der Waals surface area contributed by atoms with Crippen molar-refractivity contribution in [3.05, 3.63) is 50.6 Å². The summed E-state index contributed by atoms with van der Waals surface area (Å²) in [6, 6.07) is 5.26. The number of nitrogens with zero attached hydrogens (tertiary/aromatic N) is 1. The van der Waals surface area contributed by atoms with Gasteiger partial charge in [0, 0.05) is 34.5 Å². The summed E-state index contributed by atoms with van der Waals surface area (Å²) >= 11 is 8.09. The fourth-order valence-corrected chi connectivity index (χ4v) is 1.98. The molecule has 0 saturated heterocycles. The first-order valence-electron chi connectivity index (χ1n) is 5.38. The van der Waals surface area contributed by atoms with Crippen molar-refractivity contribution in [2.45, 2.75) is 6.42 Å². The van der Waals surface area contributed by atoms with Crippen LogP contribution >= 0.6 is 34.2 Å². The molecular weight excluding hydrogens is 365 g/mol. The first-order chi connectivity index (χ1) is 8.66. The van der Waals surface area contributed by atoms with E-state index < -0.39 is 0 Å². The number of hydrogen-bond donors (Lipinski definition) is 2. The van der Waals surface area contributed by atoms with Gasteiger partial charge in [-0.15, -0.1) is 0 Å². The second-order valence-corrected chi connectivity index (χ2v) is 5.24. The number of rotatable bonds is 4. The molecule has 0 spiro atoms. The number of nitrogens with one attached hydrogen (secondary N) is 2. The van der Waals surface area contributed by atoms with E-state index in [2.05, 4.69) is 37.9 Å². The molecule has 0 radical (unpaired) electrons. The Morgan fingerprint density at radius 2 is 2.33 bits per heavy atom. The van der Waals surface area contributed by atoms with E-state index in [1.54, 1.807) is 24.5 Å². The van der Waals surface area contributed by atoms with Crippen molar-refractivity contribution in [2.24, 2.45) is 0 Å². The van der Waals surface area contributed by atoms with Crippen LogP contribution < -0.4 is 5.32 Å². The van der Waals surface area contributed by atoms with Crippen molar-refractivity contribution in [1.82, 2.24) is 15.3 Å². The quantitative estimate of drug-likeness (QED) is 0.807. The van der Waals surface area contributed by atoms with Crippen LogP contribution in [0.5, 0.6) is 0 Å². The van der Waals surface area contributed by atoms with Gasteiger partial charge in [0.1, 0.15) is 5.82 Å².